The summed E-state index contributed by atoms with van der Waals surface area (Å²) < 4.78 is 30.0. The number of hydrogen-bond acceptors (Lipinski definition) is 4. The predicted molar refractivity (Wildman–Crippen MR) is 58.7 cm³/mol. The van der Waals surface area contributed by atoms with Crippen LogP contribution in [0.2, 0.25) is 0 Å². The molecule has 0 saturated heterocycles. The number of carboxylic acids is 1. The van der Waals surface area contributed by atoms with Crippen LogP contribution in [-0.2, 0) is 4.79 Å². The fourth-order valence-electron chi connectivity index (χ4n) is 1.15. The molecule has 0 radical (unpaired) electrons. The van der Waals surface area contributed by atoms with Gasteiger partial charge in [-0.25, -0.2) is 4.79 Å². The summed E-state index contributed by atoms with van der Waals surface area (Å²) in [6, 6.07) is 2.24. The van der Waals surface area contributed by atoms with Crippen LogP contribution in [0.3, 0.4) is 0 Å². The molecule has 1 rings (SSSR count). The van der Waals surface area contributed by atoms with Gasteiger partial charge in [0.25, 0.3) is 0 Å². The zero-order chi connectivity index (χ0) is 14.1. The maximum Gasteiger partial charge on any atom is 0.502 e. The van der Waals surface area contributed by atoms with Gasteiger partial charge in [-0.2, -0.15) is 8.78 Å². The average Bonchev–Trinajstić information content (AvgIpc) is 2.21. The third-order valence-corrected chi connectivity index (χ3v) is 2.35. The summed E-state index contributed by atoms with van der Waals surface area (Å²) in [4.78, 5) is 20.0. The molecule has 0 aliphatic rings. The first-order chi connectivity index (χ1) is 8.15. The lowest BCUT2D eigenvalue weighted by molar-refractivity contribution is -0.387. The number of carboxylic acid groups (broad SMARTS) is 1. The van der Waals surface area contributed by atoms with Gasteiger partial charge in [-0.1, -0.05) is 15.9 Å². The highest BCUT2D eigenvalue weighted by atomic mass is 79.9. The van der Waals surface area contributed by atoms with Crippen molar-refractivity contribution in [2.45, 2.75) is 13.0 Å². The Kier molecular flexibility index (Phi) is 3.85. The number of benzene rings is 1. The van der Waals surface area contributed by atoms with Crippen molar-refractivity contribution in [3.63, 3.8) is 0 Å². The highest BCUT2D eigenvalue weighted by Gasteiger charge is 2.44. The van der Waals surface area contributed by atoms with Crippen molar-refractivity contribution in [3.8, 4) is 5.75 Å². The van der Waals surface area contributed by atoms with Crippen molar-refractivity contribution in [1.82, 2.24) is 0 Å². The van der Waals surface area contributed by atoms with E-state index in [9.17, 15) is 23.7 Å². The van der Waals surface area contributed by atoms with E-state index in [0.717, 1.165) is 6.07 Å². The molecule has 0 amide bonds. The van der Waals surface area contributed by atoms with Crippen LogP contribution in [-0.4, -0.2) is 22.1 Å². The molecule has 18 heavy (non-hydrogen) atoms. The van der Waals surface area contributed by atoms with E-state index in [0.29, 0.717) is 0 Å². The number of nitro groups is 1. The zero-order valence-electron chi connectivity index (χ0n) is 8.82. The van der Waals surface area contributed by atoms with Gasteiger partial charge in [0, 0.05) is 10.5 Å². The van der Waals surface area contributed by atoms with Crippen molar-refractivity contribution in [2.75, 3.05) is 0 Å². The van der Waals surface area contributed by atoms with E-state index in [1.807, 2.05) is 0 Å². The number of halogens is 3. The monoisotopic (exact) mass is 325 g/mol. The minimum Gasteiger partial charge on any atom is -0.474 e. The molecule has 0 heterocycles. The Bertz CT molecular complexity index is 520. The number of hydrogen-bond donors (Lipinski definition) is 1. The number of carbonyl (C=O) groups is 1. The molecule has 9 heteroatoms. The molecule has 0 unspecified atom stereocenters. The second-order valence-corrected chi connectivity index (χ2v) is 4.17. The van der Waals surface area contributed by atoms with Crippen LogP contribution in [0.15, 0.2) is 16.6 Å². The number of alkyl halides is 2. The standard InChI is InChI=1S/C9H6BrF2NO5/c1-4-2-5(10)3-6(13(16)17)7(4)18-9(11,12)8(14)15/h2-3H,1H3,(H,14,15). The summed E-state index contributed by atoms with van der Waals surface area (Å²) in [5, 5.41) is 18.9. The summed E-state index contributed by atoms with van der Waals surface area (Å²) in [7, 11) is 0. The van der Waals surface area contributed by atoms with E-state index in [-0.39, 0.29) is 10.0 Å². The molecule has 6 nitrogen and oxygen atoms in total. The molecule has 0 aromatic heterocycles. The van der Waals surface area contributed by atoms with Crippen molar-refractivity contribution >= 4 is 27.6 Å². The van der Waals surface area contributed by atoms with Gasteiger partial charge in [0.05, 0.1) is 4.92 Å². The van der Waals surface area contributed by atoms with Crippen LogP contribution in [0.5, 0.6) is 5.75 Å². The average molecular weight is 326 g/mol. The van der Waals surface area contributed by atoms with E-state index in [1.165, 1.54) is 13.0 Å². The van der Waals surface area contributed by atoms with Gasteiger partial charge in [-0.05, 0) is 18.6 Å². The Hall–Kier alpha value is -1.77. The van der Waals surface area contributed by atoms with Gasteiger partial charge in [0.15, 0.2) is 0 Å². The maximum atomic E-state index is 12.9. The third kappa shape index (κ3) is 2.92. The Labute approximate surface area is 107 Å². The molecule has 0 aliphatic heterocycles. The van der Waals surface area contributed by atoms with Crippen LogP contribution < -0.4 is 4.74 Å². The van der Waals surface area contributed by atoms with Crippen LogP contribution >= 0.6 is 15.9 Å². The first kappa shape index (κ1) is 14.3. The predicted octanol–water partition coefficient (Wildman–Crippen LogP) is 2.72. The van der Waals surface area contributed by atoms with E-state index < -0.39 is 28.4 Å². The molecule has 0 atom stereocenters. The molecular formula is C9H6BrF2NO5. The normalized spacial score (nSPS) is 11.1. The quantitative estimate of drug-likeness (QED) is 0.679. The Morgan fingerprint density at radius 3 is 2.56 bits per heavy atom. The van der Waals surface area contributed by atoms with Gasteiger partial charge >= 0.3 is 17.8 Å². The van der Waals surface area contributed by atoms with Gasteiger partial charge in [0.1, 0.15) is 0 Å². The topological polar surface area (TPSA) is 89.7 Å². The zero-order valence-corrected chi connectivity index (χ0v) is 10.4. The molecule has 0 saturated carbocycles. The fraction of sp³-hybridized carbons (Fsp3) is 0.222. The minimum atomic E-state index is -4.54. The maximum absolute atomic E-state index is 12.9. The van der Waals surface area contributed by atoms with E-state index in [2.05, 4.69) is 20.7 Å². The highest BCUT2D eigenvalue weighted by Crippen LogP contribution is 2.37. The molecule has 0 spiro atoms. The van der Waals surface area contributed by atoms with E-state index in [1.54, 1.807) is 0 Å². The number of rotatable bonds is 4. The Morgan fingerprint density at radius 1 is 1.56 bits per heavy atom. The summed E-state index contributed by atoms with van der Waals surface area (Å²) in [6.07, 6.45) is -4.54. The largest absolute Gasteiger partial charge is 0.502 e. The van der Waals surface area contributed by atoms with Crippen molar-refractivity contribution in [2.24, 2.45) is 0 Å². The molecule has 0 aliphatic carbocycles. The van der Waals surface area contributed by atoms with Crippen LogP contribution in [0.1, 0.15) is 5.56 Å². The van der Waals surface area contributed by atoms with Crippen molar-refractivity contribution in [1.29, 1.82) is 0 Å². The fourth-order valence-corrected chi connectivity index (χ4v) is 1.71. The third-order valence-electron chi connectivity index (χ3n) is 1.90. The van der Waals surface area contributed by atoms with Gasteiger partial charge in [0.2, 0.25) is 5.75 Å². The second kappa shape index (κ2) is 4.84. The summed E-state index contributed by atoms with van der Waals surface area (Å²) in [6.45, 7) is 1.28. The number of aryl methyl sites for hydroxylation is 1. The lowest BCUT2D eigenvalue weighted by Crippen LogP contribution is -2.35. The number of aliphatic carboxylic acids is 1. The van der Waals surface area contributed by atoms with E-state index in [4.69, 9.17) is 5.11 Å². The van der Waals surface area contributed by atoms with E-state index >= 15 is 0 Å². The second-order valence-electron chi connectivity index (χ2n) is 3.25. The summed E-state index contributed by atoms with van der Waals surface area (Å²) in [5.74, 6) is -3.31. The molecular weight excluding hydrogens is 320 g/mol. The molecule has 0 bridgehead atoms. The molecule has 98 valence electrons. The first-order valence-electron chi connectivity index (χ1n) is 4.40. The minimum absolute atomic E-state index is 0.0111. The smallest absolute Gasteiger partial charge is 0.474 e. The Morgan fingerprint density at radius 2 is 2.11 bits per heavy atom. The highest BCUT2D eigenvalue weighted by molar-refractivity contribution is 9.10. The van der Waals surface area contributed by atoms with Crippen molar-refractivity contribution < 1.29 is 28.3 Å². The lowest BCUT2D eigenvalue weighted by atomic mass is 10.2. The van der Waals surface area contributed by atoms with Crippen LogP contribution in [0.4, 0.5) is 14.5 Å². The van der Waals surface area contributed by atoms with Crippen LogP contribution in [0.25, 0.3) is 0 Å². The first-order valence-corrected chi connectivity index (χ1v) is 5.19. The van der Waals surface area contributed by atoms with Gasteiger partial charge in [-0.15, -0.1) is 0 Å². The van der Waals surface area contributed by atoms with Crippen molar-refractivity contribution in [3.05, 3.63) is 32.3 Å². The molecule has 1 N–H and O–H groups in total. The number of nitro benzene ring substituents is 1. The molecule has 1 aromatic carbocycles. The lowest BCUT2D eigenvalue weighted by Gasteiger charge is -2.15. The SMILES string of the molecule is Cc1cc(Br)cc([N+](=O)[O-])c1OC(F)(F)C(=O)O. The number of ether oxygens (including phenoxy) is 1. The molecule has 1 aromatic rings. The molecule has 0 fully saturated rings. The van der Waals surface area contributed by atoms with Gasteiger partial charge in [-0.3, -0.25) is 10.1 Å². The Balaban J connectivity index is 3.32. The summed E-state index contributed by atoms with van der Waals surface area (Å²) in [5.41, 5.74) is -0.736. The summed E-state index contributed by atoms with van der Waals surface area (Å²) >= 11 is 2.96. The number of nitrogens with zero attached hydrogens (tertiary/aromatic N) is 1. The van der Waals surface area contributed by atoms with Gasteiger partial charge < -0.3 is 9.84 Å². The van der Waals surface area contributed by atoms with Crippen LogP contribution in [0, 0.1) is 17.0 Å².